The molecule has 7 heteroatoms. The van der Waals surface area contributed by atoms with Crippen molar-refractivity contribution in [2.24, 2.45) is 0 Å². The average Bonchev–Trinajstić information content (AvgIpc) is 3.09. The smallest absolute Gasteiger partial charge is 0.447 e. The summed E-state index contributed by atoms with van der Waals surface area (Å²) in [6.45, 7) is 23.7. The van der Waals surface area contributed by atoms with Crippen LogP contribution < -0.4 is 9.05 Å². The molecule has 0 saturated heterocycles. The third-order valence-corrected chi connectivity index (χ3v) is 9.73. The number of benzene rings is 4. The second-order valence-electron chi connectivity index (χ2n) is 13.7. The minimum Gasteiger partial charge on any atom is -0.447 e. The van der Waals surface area contributed by atoms with Crippen LogP contribution in [0.4, 0.5) is 0 Å². The van der Waals surface area contributed by atoms with E-state index < -0.39 is 16.6 Å². The maximum absolute atomic E-state index is 10.1. The molecular weight excluding hydrogens is 586 g/mol. The van der Waals surface area contributed by atoms with Crippen LogP contribution in [0.2, 0.25) is 0 Å². The first-order valence-electron chi connectivity index (χ1n) is 15.0. The van der Waals surface area contributed by atoms with Crippen molar-refractivity contribution in [2.45, 2.75) is 80.1 Å². The molecule has 0 fully saturated rings. The Hall–Kier alpha value is -3.23. The monoisotopic (exact) mass is 630 g/mol. The predicted molar refractivity (Wildman–Crippen MR) is 186 cm³/mol. The van der Waals surface area contributed by atoms with Crippen LogP contribution in [-0.4, -0.2) is 11.6 Å². The molecule has 0 aliphatic rings. The first kappa shape index (κ1) is 32.2. The number of fused-ring (bicyclic) bond motifs is 3. The van der Waals surface area contributed by atoms with E-state index in [0.29, 0.717) is 11.5 Å². The lowest BCUT2D eigenvalue weighted by molar-refractivity contribution is 0.487. The van der Waals surface area contributed by atoms with E-state index >= 15 is 0 Å². The van der Waals surface area contributed by atoms with Crippen LogP contribution in [0.3, 0.4) is 0 Å². The molecule has 44 heavy (non-hydrogen) atoms. The molecule has 0 amide bonds. The first-order valence-corrected chi connectivity index (χ1v) is 17.8. The van der Waals surface area contributed by atoms with Crippen LogP contribution in [0.15, 0.2) is 69.1 Å². The molecule has 0 bridgehead atoms. The van der Waals surface area contributed by atoms with Crippen molar-refractivity contribution < 1.29 is 22.3 Å². The van der Waals surface area contributed by atoms with Gasteiger partial charge in [-0.15, -0.1) is 0 Å². The summed E-state index contributed by atoms with van der Waals surface area (Å²) in [7, 11) is -3.54. The van der Waals surface area contributed by atoms with Crippen LogP contribution in [0.1, 0.15) is 74.9 Å². The van der Waals surface area contributed by atoms with Gasteiger partial charge in [0.15, 0.2) is 0 Å². The van der Waals surface area contributed by atoms with Crippen molar-refractivity contribution in [1.29, 1.82) is 0 Å². The summed E-state index contributed by atoms with van der Waals surface area (Å²) in [4.78, 5) is 10.1. The maximum atomic E-state index is 10.1. The van der Waals surface area contributed by atoms with Gasteiger partial charge in [-0.25, -0.2) is 0 Å². The van der Waals surface area contributed by atoms with E-state index in [2.05, 4.69) is 81.4 Å². The summed E-state index contributed by atoms with van der Waals surface area (Å²) in [5, 5.41) is 2.16. The highest BCUT2D eigenvalue weighted by Gasteiger charge is 2.27. The standard InChI is InChI=1S/C37H44O5P2/c1-22-20-28(36(5,6)7)34-32(24(22)3)33-25(4)23(2)21-29(37(8,9)10)35(33)42-44(41-34)40-31-19-15-13-17-27(31)26-16-12-14-18-30(26)39-43(11)38/h12-21,38H,1-11H3. The predicted octanol–water partition coefficient (Wildman–Crippen LogP) is 11.9. The first-order chi connectivity index (χ1) is 20.6. The van der Waals surface area contributed by atoms with E-state index in [1.807, 2.05) is 48.5 Å². The van der Waals surface area contributed by atoms with Crippen molar-refractivity contribution in [3.8, 4) is 22.6 Å². The molecule has 0 spiro atoms. The molecule has 1 N–H and O–H groups in total. The topological polar surface area (TPSA) is 65.0 Å². The van der Waals surface area contributed by atoms with E-state index in [1.165, 1.54) is 22.3 Å². The normalized spacial score (nSPS) is 12.9. The van der Waals surface area contributed by atoms with Crippen molar-refractivity contribution in [1.82, 2.24) is 0 Å². The Morgan fingerprint density at radius 3 is 1.50 bits per heavy atom. The zero-order valence-corrected chi connectivity index (χ0v) is 29.5. The van der Waals surface area contributed by atoms with E-state index in [4.69, 9.17) is 17.4 Å². The van der Waals surface area contributed by atoms with Gasteiger partial charge in [0.1, 0.15) is 22.7 Å². The molecule has 1 heterocycles. The van der Waals surface area contributed by atoms with Crippen LogP contribution in [-0.2, 0) is 10.8 Å². The molecule has 0 saturated carbocycles. The largest absolute Gasteiger partial charge is 0.453 e. The zero-order valence-electron chi connectivity index (χ0n) is 27.7. The number of aryl methyl sites for hydroxylation is 4. The Morgan fingerprint density at radius 1 is 0.659 bits per heavy atom. The Kier molecular flexibility index (Phi) is 8.73. The van der Waals surface area contributed by atoms with Gasteiger partial charge in [-0.05, 0) is 72.9 Å². The minimum absolute atomic E-state index is 0.185. The fourth-order valence-electron chi connectivity index (χ4n) is 5.66. The molecule has 1 unspecified atom stereocenters. The van der Waals surface area contributed by atoms with Gasteiger partial charge in [-0.3, -0.25) is 0 Å². The summed E-state index contributed by atoms with van der Waals surface area (Å²) < 4.78 is 26.5. The molecule has 1 atom stereocenters. The number of para-hydroxylation sites is 2. The molecule has 4 aromatic carbocycles. The fraction of sp³-hybridized carbons (Fsp3) is 0.351. The van der Waals surface area contributed by atoms with Gasteiger partial charge < -0.3 is 22.3 Å². The summed E-state index contributed by atoms with van der Waals surface area (Å²) in [5.74, 6) is 1.20. The van der Waals surface area contributed by atoms with Crippen LogP contribution in [0.25, 0.3) is 33.1 Å². The fourth-order valence-corrected chi connectivity index (χ4v) is 7.21. The van der Waals surface area contributed by atoms with Crippen LogP contribution >= 0.6 is 16.6 Å². The summed E-state index contributed by atoms with van der Waals surface area (Å²) >= 11 is 0. The lowest BCUT2D eigenvalue weighted by Gasteiger charge is -2.23. The van der Waals surface area contributed by atoms with Crippen LogP contribution in [0.5, 0.6) is 11.5 Å². The van der Waals surface area contributed by atoms with Crippen LogP contribution in [0, 0.1) is 27.7 Å². The Bertz CT molecular complexity index is 1820. The summed E-state index contributed by atoms with van der Waals surface area (Å²) in [6.07, 6.45) is 0. The summed E-state index contributed by atoms with van der Waals surface area (Å²) in [6, 6.07) is 20.0. The second kappa shape index (κ2) is 11.9. The SMILES string of the molecule is Cc1cc(C(C)(C)C)c2op(Oc3ccccc3-c3ccccc3OP(C)O)oc3c(C(C)(C)C)cc(C)c(C)c3c2c1C. The van der Waals surface area contributed by atoms with E-state index in [9.17, 15) is 4.89 Å². The Labute approximate surface area is 263 Å². The molecule has 5 rings (SSSR count). The third kappa shape index (κ3) is 6.16. The highest BCUT2D eigenvalue weighted by molar-refractivity contribution is 7.45. The van der Waals surface area contributed by atoms with Crippen molar-refractivity contribution in [2.75, 3.05) is 6.66 Å². The van der Waals surface area contributed by atoms with E-state index in [1.54, 1.807) is 6.66 Å². The number of rotatable bonds is 5. The third-order valence-electron chi connectivity index (χ3n) is 8.26. The van der Waals surface area contributed by atoms with Gasteiger partial charge in [0.05, 0.1) is 0 Å². The molecule has 0 aliphatic carbocycles. The van der Waals surface area contributed by atoms with Gasteiger partial charge in [0.2, 0.25) is 8.38 Å². The highest BCUT2D eigenvalue weighted by atomic mass is 31.2. The van der Waals surface area contributed by atoms with Crippen molar-refractivity contribution >= 4 is 38.6 Å². The second-order valence-corrected chi connectivity index (χ2v) is 15.8. The molecular formula is C37H44O5P2. The molecule has 5 nitrogen and oxygen atoms in total. The lowest BCUT2D eigenvalue weighted by Crippen LogP contribution is -2.13. The van der Waals surface area contributed by atoms with Crippen molar-refractivity contribution in [3.05, 3.63) is 94.0 Å². The van der Waals surface area contributed by atoms with Gasteiger partial charge in [-0.1, -0.05) is 90.1 Å². The maximum Gasteiger partial charge on any atom is 0.453 e. The average molecular weight is 631 g/mol. The molecule has 0 aliphatic heterocycles. The molecule has 0 radical (unpaired) electrons. The number of hydrogen-bond donors (Lipinski definition) is 1. The van der Waals surface area contributed by atoms with Gasteiger partial charge in [0.25, 0.3) is 0 Å². The molecule has 5 aromatic rings. The molecule has 1 aromatic heterocycles. The zero-order chi connectivity index (χ0) is 32.1. The van der Waals surface area contributed by atoms with E-state index in [-0.39, 0.29) is 10.8 Å². The van der Waals surface area contributed by atoms with Crippen molar-refractivity contribution in [3.63, 3.8) is 0 Å². The Morgan fingerprint density at radius 2 is 1.07 bits per heavy atom. The summed E-state index contributed by atoms with van der Waals surface area (Å²) in [5.41, 5.74) is 9.93. The minimum atomic E-state index is -1.94. The van der Waals surface area contributed by atoms with Gasteiger partial charge >= 0.3 is 8.24 Å². The van der Waals surface area contributed by atoms with E-state index in [0.717, 1.165) is 44.2 Å². The lowest BCUT2D eigenvalue weighted by atomic mass is 9.81. The van der Waals surface area contributed by atoms with Gasteiger partial charge in [0, 0.05) is 39.7 Å². The van der Waals surface area contributed by atoms with Gasteiger partial charge in [-0.2, -0.15) is 0 Å². The quantitative estimate of drug-likeness (QED) is 0.196. The number of hydrogen-bond acceptors (Lipinski definition) is 5. The Balaban J connectivity index is 1.91. The highest BCUT2D eigenvalue weighted by Crippen LogP contribution is 2.48. The molecule has 232 valence electrons.